The van der Waals surface area contributed by atoms with Gasteiger partial charge in [0.05, 0.1) is 11.1 Å². The van der Waals surface area contributed by atoms with Crippen LogP contribution in [-0.2, 0) is 0 Å². The van der Waals surface area contributed by atoms with Gasteiger partial charge in [0.1, 0.15) is 5.82 Å². The molecule has 2 amide bonds. The normalized spacial score (nSPS) is 15.0. The number of rotatable bonds is 2. The summed E-state index contributed by atoms with van der Waals surface area (Å²) in [6.45, 7) is 3.74. The second-order valence-corrected chi connectivity index (χ2v) is 6.11. The Hall–Kier alpha value is -2.76. The molecule has 0 unspecified atom stereocenters. The van der Waals surface area contributed by atoms with Gasteiger partial charge >= 0.3 is 0 Å². The van der Waals surface area contributed by atoms with Crippen molar-refractivity contribution < 1.29 is 14.0 Å². The predicted molar refractivity (Wildman–Crippen MR) is 91.8 cm³/mol. The number of hydrogen-bond donors (Lipinski definition) is 0. The Morgan fingerprint density at radius 1 is 0.960 bits per heavy atom. The summed E-state index contributed by atoms with van der Waals surface area (Å²) >= 11 is 0. The maximum absolute atomic E-state index is 13.8. The fourth-order valence-corrected chi connectivity index (χ4v) is 2.91. The van der Waals surface area contributed by atoms with Crippen LogP contribution in [0, 0.1) is 12.7 Å². The summed E-state index contributed by atoms with van der Waals surface area (Å²) < 4.78 is 13.8. The van der Waals surface area contributed by atoms with Gasteiger partial charge in [-0.1, -0.05) is 12.1 Å². The van der Waals surface area contributed by atoms with Crippen molar-refractivity contribution >= 4 is 11.8 Å². The van der Waals surface area contributed by atoms with Crippen LogP contribution in [0.5, 0.6) is 0 Å². The molecule has 0 radical (unpaired) electrons. The second-order valence-electron chi connectivity index (χ2n) is 6.11. The van der Waals surface area contributed by atoms with E-state index >= 15 is 0 Å². The molecule has 1 saturated heterocycles. The van der Waals surface area contributed by atoms with Gasteiger partial charge in [0.25, 0.3) is 11.8 Å². The molecule has 0 bridgehead atoms. The summed E-state index contributed by atoms with van der Waals surface area (Å²) in [6, 6.07) is 9.55. The monoisotopic (exact) mass is 341 g/mol. The van der Waals surface area contributed by atoms with Crippen LogP contribution in [-0.4, -0.2) is 52.8 Å². The van der Waals surface area contributed by atoms with Crippen LogP contribution in [0.15, 0.2) is 42.6 Å². The smallest absolute Gasteiger partial charge is 0.256 e. The number of carbonyl (C=O) groups is 2. The number of aryl methyl sites for hydroxylation is 1. The lowest BCUT2D eigenvalue weighted by molar-refractivity contribution is 0.0716. The maximum Gasteiger partial charge on any atom is 0.256 e. The van der Waals surface area contributed by atoms with Crippen LogP contribution in [0.25, 0.3) is 0 Å². The van der Waals surface area contributed by atoms with E-state index in [1.807, 2.05) is 6.92 Å². The molecule has 1 aromatic heterocycles. The van der Waals surface area contributed by atoms with Gasteiger partial charge < -0.3 is 9.80 Å². The van der Waals surface area contributed by atoms with Gasteiger partial charge in [-0.15, -0.1) is 0 Å². The van der Waals surface area contributed by atoms with Crippen molar-refractivity contribution in [1.29, 1.82) is 0 Å². The minimum atomic E-state index is -0.518. The zero-order valence-corrected chi connectivity index (χ0v) is 14.1. The van der Waals surface area contributed by atoms with Crippen molar-refractivity contribution in [2.24, 2.45) is 0 Å². The number of aromatic nitrogens is 1. The molecule has 0 N–H and O–H groups in total. The third-order valence-corrected chi connectivity index (χ3v) is 4.33. The lowest BCUT2D eigenvalue weighted by atomic mass is 10.2. The standard InChI is InChI=1S/C19H20FN3O2/c1-14-7-8-15(13-21-14)18(24)22-9-4-10-23(12-11-22)19(25)16-5-2-3-6-17(16)20/h2-3,5-8,13H,4,9-12H2,1H3. The van der Waals surface area contributed by atoms with Crippen LogP contribution in [0.4, 0.5) is 4.39 Å². The first-order valence-electron chi connectivity index (χ1n) is 8.32. The average molecular weight is 341 g/mol. The zero-order chi connectivity index (χ0) is 17.8. The van der Waals surface area contributed by atoms with Crippen LogP contribution >= 0.6 is 0 Å². The fourth-order valence-electron chi connectivity index (χ4n) is 2.91. The topological polar surface area (TPSA) is 53.5 Å². The third kappa shape index (κ3) is 3.84. The molecule has 0 spiro atoms. The first-order chi connectivity index (χ1) is 12.1. The fraction of sp³-hybridized carbons (Fsp3) is 0.316. The maximum atomic E-state index is 13.8. The highest BCUT2D eigenvalue weighted by Crippen LogP contribution is 2.14. The molecule has 25 heavy (non-hydrogen) atoms. The van der Waals surface area contributed by atoms with Gasteiger partial charge in [-0.05, 0) is 37.6 Å². The Kier molecular flexibility index (Phi) is 5.07. The van der Waals surface area contributed by atoms with Gasteiger partial charge in [-0.2, -0.15) is 0 Å². The molecule has 2 heterocycles. The summed E-state index contributed by atoms with van der Waals surface area (Å²) in [5, 5.41) is 0. The van der Waals surface area contributed by atoms with Crippen molar-refractivity contribution in [2.75, 3.05) is 26.2 Å². The van der Waals surface area contributed by atoms with Crippen molar-refractivity contribution in [3.63, 3.8) is 0 Å². The SMILES string of the molecule is Cc1ccc(C(=O)N2CCCN(C(=O)c3ccccc3F)CC2)cn1. The Bertz CT molecular complexity index is 776. The van der Waals surface area contributed by atoms with Gasteiger partial charge in [0.15, 0.2) is 0 Å². The number of hydrogen-bond acceptors (Lipinski definition) is 3. The van der Waals surface area contributed by atoms with E-state index in [1.54, 1.807) is 40.3 Å². The molecule has 6 heteroatoms. The summed E-state index contributed by atoms with van der Waals surface area (Å²) in [5.41, 5.74) is 1.47. The van der Waals surface area contributed by atoms with E-state index in [0.29, 0.717) is 38.2 Å². The molecular weight excluding hydrogens is 321 g/mol. The van der Waals surface area contributed by atoms with E-state index in [2.05, 4.69) is 4.98 Å². The molecule has 3 rings (SSSR count). The Labute approximate surface area is 146 Å². The summed E-state index contributed by atoms with van der Waals surface area (Å²) in [5.74, 6) is -0.937. The molecule has 130 valence electrons. The van der Waals surface area contributed by atoms with Crippen LogP contribution in [0.3, 0.4) is 0 Å². The zero-order valence-electron chi connectivity index (χ0n) is 14.1. The molecule has 1 aliphatic heterocycles. The van der Waals surface area contributed by atoms with E-state index in [0.717, 1.165) is 5.69 Å². The molecule has 0 aliphatic carbocycles. The average Bonchev–Trinajstić information content (AvgIpc) is 2.88. The van der Waals surface area contributed by atoms with E-state index < -0.39 is 5.82 Å². The highest BCUT2D eigenvalue weighted by molar-refractivity contribution is 5.95. The number of amides is 2. The number of halogens is 1. The molecule has 2 aromatic rings. The van der Waals surface area contributed by atoms with E-state index in [-0.39, 0.29) is 17.4 Å². The van der Waals surface area contributed by atoms with Gasteiger partial charge in [0, 0.05) is 38.1 Å². The van der Waals surface area contributed by atoms with Crippen LogP contribution in [0.1, 0.15) is 32.8 Å². The molecule has 0 atom stereocenters. The largest absolute Gasteiger partial charge is 0.337 e. The van der Waals surface area contributed by atoms with Crippen LogP contribution < -0.4 is 0 Å². The summed E-state index contributed by atoms with van der Waals surface area (Å²) in [6.07, 6.45) is 2.23. The lowest BCUT2D eigenvalue weighted by Gasteiger charge is -2.22. The molecular formula is C19H20FN3O2. The van der Waals surface area contributed by atoms with Gasteiger partial charge in [0.2, 0.25) is 0 Å². The summed E-state index contributed by atoms with van der Waals surface area (Å²) in [7, 11) is 0. The number of carbonyl (C=O) groups excluding carboxylic acids is 2. The molecule has 1 aliphatic rings. The minimum Gasteiger partial charge on any atom is -0.337 e. The van der Waals surface area contributed by atoms with Gasteiger partial charge in [-0.3, -0.25) is 14.6 Å². The van der Waals surface area contributed by atoms with Crippen LogP contribution in [0.2, 0.25) is 0 Å². The second kappa shape index (κ2) is 7.42. The van der Waals surface area contributed by atoms with Crippen molar-refractivity contribution in [1.82, 2.24) is 14.8 Å². The lowest BCUT2D eigenvalue weighted by Crippen LogP contribution is -2.37. The quantitative estimate of drug-likeness (QED) is 0.843. The van der Waals surface area contributed by atoms with Crippen molar-refractivity contribution in [2.45, 2.75) is 13.3 Å². The predicted octanol–water partition coefficient (Wildman–Crippen LogP) is 2.52. The van der Waals surface area contributed by atoms with Crippen molar-refractivity contribution in [3.05, 3.63) is 65.2 Å². The van der Waals surface area contributed by atoms with Crippen molar-refractivity contribution in [3.8, 4) is 0 Å². The van der Waals surface area contributed by atoms with E-state index in [9.17, 15) is 14.0 Å². The number of benzene rings is 1. The first-order valence-corrected chi connectivity index (χ1v) is 8.32. The first kappa shape index (κ1) is 17.1. The summed E-state index contributed by atoms with van der Waals surface area (Å²) in [4.78, 5) is 32.6. The Morgan fingerprint density at radius 3 is 2.28 bits per heavy atom. The molecule has 5 nitrogen and oxygen atoms in total. The molecule has 0 saturated carbocycles. The van der Waals surface area contributed by atoms with E-state index in [4.69, 9.17) is 0 Å². The Balaban J connectivity index is 1.68. The highest BCUT2D eigenvalue weighted by atomic mass is 19.1. The molecule has 1 fully saturated rings. The molecule has 1 aromatic carbocycles. The third-order valence-electron chi connectivity index (χ3n) is 4.33. The minimum absolute atomic E-state index is 0.0741. The Morgan fingerprint density at radius 2 is 1.64 bits per heavy atom. The van der Waals surface area contributed by atoms with Gasteiger partial charge in [-0.25, -0.2) is 4.39 Å². The number of nitrogens with zero attached hydrogens (tertiary/aromatic N) is 3. The highest BCUT2D eigenvalue weighted by Gasteiger charge is 2.24. The van der Waals surface area contributed by atoms with E-state index in [1.165, 1.54) is 12.1 Å². The number of pyridine rings is 1.